The number of imide groups is 1. The average molecular weight is 465 g/mol. The minimum absolute atomic E-state index is 0.0459. The zero-order chi connectivity index (χ0) is 22.8. The van der Waals surface area contributed by atoms with E-state index in [2.05, 4.69) is 36.6 Å². The molecule has 1 saturated heterocycles. The topological polar surface area (TPSA) is 90.9 Å². The summed E-state index contributed by atoms with van der Waals surface area (Å²) in [5.74, 6) is -0.520. The number of fused-ring (bicyclic) bond motifs is 2. The van der Waals surface area contributed by atoms with E-state index < -0.39 is 29.9 Å². The van der Waals surface area contributed by atoms with Gasteiger partial charge >= 0.3 is 6.03 Å². The van der Waals surface area contributed by atoms with E-state index in [-0.39, 0.29) is 15.9 Å². The minimum atomic E-state index is -1.38. The highest BCUT2D eigenvalue weighted by atomic mass is 35.5. The van der Waals surface area contributed by atoms with Crippen LogP contribution < -0.4 is 10.7 Å². The summed E-state index contributed by atoms with van der Waals surface area (Å²) in [4.78, 5) is 39.0. The number of benzene rings is 1. The van der Waals surface area contributed by atoms with Crippen molar-refractivity contribution < 1.29 is 14.4 Å². The molecule has 31 heavy (non-hydrogen) atoms. The molecule has 7 nitrogen and oxygen atoms in total. The van der Waals surface area contributed by atoms with Gasteiger partial charge in [0.05, 0.1) is 0 Å². The molecule has 9 heteroatoms. The number of hydrazone groups is 1. The van der Waals surface area contributed by atoms with Crippen molar-refractivity contribution in [3.8, 4) is 0 Å². The van der Waals surface area contributed by atoms with E-state index in [0.717, 1.165) is 23.5 Å². The molecular weight excluding hydrogens is 439 g/mol. The van der Waals surface area contributed by atoms with Crippen molar-refractivity contribution in [1.82, 2.24) is 15.6 Å². The van der Waals surface area contributed by atoms with Crippen LogP contribution in [0.3, 0.4) is 0 Å². The van der Waals surface area contributed by atoms with Gasteiger partial charge in [0.1, 0.15) is 12.1 Å². The van der Waals surface area contributed by atoms with Gasteiger partial charge in [0.25, 0.3) is 11.8 Å². The maximum absolute atomic E-state index is 13.0. The molecule has 2 saturated carbocycles. The first-order chi connectivity index (χ1) is 14.4. The zero-order valence-corrected chi connectivity index (χ0v) is 19.5. The molecule has 1 heterocycles. The van der Waals surface area contributed by atoms with Gasteiger partial charge in [-0.05, 0) is 49.7 Å². The quantitative estimate of drug-likeness (QED) is 0.519. The minimum Gasteiger partial charge on any atom is -0.319 e. The third-order valence-electron chi connectivity index (χ3n) is 7.87. The largest absolute Gasteiger partial charge is 0.325 e. The Bertz CT molecular complexity index is 1020. The van der Waals surface area contributed by atoms with Crippen molar-refractivity contribution in [2.24, 2.45) is 21.8 Å². The van der Waals surface area contributed by atoms with E-state index in [0.29, 0.717) is 16.5 Å². The second-order valence-corrected chi connectivity index (χ2v) is 10.5. The molecule has 4 amide bonds. The number of hydrogen-bond acceptors (Lipinski definition) is 4. The highest BCUT2D eigenvalue weighted by molar-refractivity contribution is 6.35. The fraction of sp³-hybridized carbons (Fsp3) is 0.545. The van der Waals surface area contributed by atoms with Crippen LogP contribution in [0, 0.1) is 16.7 Å². The first kappa shape index (κ1) is 22.1. The smallest absolute Gasteiger partial charge is 0.319 e. The monoisotopic (exact) mass is 464 g/mol. The lowest BCUT2D eigenvalue weighted by Crippen LogP contribution is -2.43. The number of hydrogen-bond donors (Lipinski definition) is 2. The Labute approximate surface area is 191 Å². The van der Waals surface area contributed by atoms with Gasteiger partial charge in [0, 0.05) is 26.7 Å². The Morgan fingerprint density at radius 3 is 2.55 bits per heavy atom. The predicted octanol–water partition coefficient (Wildman–Crippen LogP) is 4.08. The first-order valence-corrected chi connectivity index (χ1v) is 11.1. The standard InChI is InChI=1S/C22H26Cl2N4O3/c1-20(2)12-7-8-21(20,3)16(9-12)26-27-17(29)11-28-18(30)22(4,25-19(28)31)14-6-5-13(23)10-15(14)24/h5-6,10,12H,7-9,11H2,1-4H3,(H,25,31)(H,27,29)/b26-16-. The van der Waals surface area contributed by atoms with Crippen molar-refractivity contribution in [2.45, 2.75) is 52.5 Å². The highest BCUT2D eigenvalue weighted by Gasteiger charge is 2.60. The molecule has 1 aromatic rings. The number of nitrogens with zero attached hydrogens (tertiary/aromatic N) is 2. The number of urea groups is 1. The summed E-state index contributed by atoms with van der Waals surface area (Å²) in [6, 6.07) is 4.03. The van der Waals surface area contributed by atoms with Gasteiger partial charge in [-0.3, -0.25) is 14.5 Å². The molecule has 3 aliphatic rings. The molecule has 3 unspecified atom stereocenters. The Balaban J connectivity index is 1.47. The maximum atomic E-state index is 13.0. The summed E-state index contributed by atoms with van der Waals surface area (Å²) in [6.45, 7) is 7.84. The molecule has 0 spiro atoms. The normalized spacial score (nSPS) is 32.6. The number of halogens is 2. The molecular formula is C22H26Cl2N4O3. The van der Waals surface area contributed by atoms with Crippen LogP contribution in [0.5, 0.6) is 0 Å². The lowest BCUT2D eigenvalue weighted by Gasteiger charge is -2.34. The number of rotatable bonds is 4. The van der Waals surface area contributed by atoms with Crippen LogP contribution in [0.15, 0.2) is 23.3 Å². The van der Waals surface area contributed by atoms with Gasteiger partial charge in [-0.2, -0.15) is 5.10 Å². The van der Waals surface area contributed by atoms with Gasteiger partial charge < -0.3 is 5.32 Å². The molecule has 2 N–H and O–H groups in total. The van der Waals surface area contributed by atoms with Gasteiger partial charge in [0.15, 0.2) is 0 Å². The fourth-order valence-electron chi connectivity index (χ4n) is 5.32. The Morgan fingerprint density at radius 1 is 1.26 bits per heavy atom. The third-order valence-corrected chi connectivity index (χ3v) is 8.42. The van der Waals surface area contributed by atoms with Crippen LogP contribution in [0.25, 0.3) is 0 Å². The average Bonchev–Trinajstić information content (AvgIpc) is 3.12. The van der Waals surface area contributed by atoms with Gasteiger partial charge in [-0.15, -0.1) is 0 Å². The van der Waals surface area contributed by atoms with E-state index >= 15 is 0 Å². The van der Waals surface area contributed by atoms with Crippen molar-refractivity contribution in [2.75, 3.05) is 6.54 Å². The highest BCUT2D eigenvalue weighted by Crippen LogP contribution is 2.63. The second kappa shape index (κ2) is 7.20. The van der Waals surface area contributed by atoms with Crippen LogP contribution in [-0.4, -0.2) is 35.0 Å². The zero-order valence-electron chi connectivity index (χ0n) is 18.0. The molecule has 0 radical (unpaired) electrons. The lowest BCUT2D eigenvalue weighted by molar-refractivity contribution is -0.134. The molecule has 1 aliphatic heterocycles. The Kier molecular flexibility index (Phi) is 5.13. The number of carbonyl (C=O) groups is 3. The third kappa shape index (κ3) is 3.24. The SMILES string of the molecule is CC1(c2ccc(Cl)cc2Cl)NC(=O)N(CC(=O)N/N=C2/CC3CCC2(C)C3(C)C)C1=O. The Hall–Kier alpha value is -2.12. The summed E-state index contributed by atoms with van der Waals surface area (Å²) in [6.07, 6.45) is 3.08. The van der Waals surface area contributed by atoms with E-state index in [4.69, 9.17) is 23.2 Å². The van der Waals surface area contributed by atoms with E-state index in [1.165, 1.54) is 12.5 Å². The van der Waals surface area contributed by atoms with Crippen molar-refractivity contribution >= 4 is 46.8 Å². The van der Waals surface area contributed by atoms with Gasteiger partial charge in [0.2, 0.25) is 0 Å². The molecule has 4 rings (SSSR count). The summed E-state index contributed by atoms with van der Waals surface area (Å²) >= 11 is 12.2. The van der Waals surface area contributed by atoms with Crippen LogP contribution >= 0.6 is 23.2 Å². The first-order valence-electron chi connectivity index (χ1n) is 10.4. The van der Waals surface area contributed by atoms with Gasteiger partial charge in [-0.1, -0.05) is 50.0 Å². The van der Waals surface area contributed by atoms with E-state index in [1.54, 1.807) is 19.1 Å². The maximum Gasteiger partial charge on any atom is 0.325 e. The van der Waals surface area contributed by atoms with Crippen LogP contribution in [0.1, 0.15) is 52.5 Å². The molecule has 2 bridgehead atoms. The molecule has 0 aromatic heterocycles. The number of nitrogens with one attached hydrogen (secondary N) is 2. The van der Waals surface area contributed by atoms with Crippen LogP contribution in [0.4, 0.5) is 4.79 Å². The van der Waals surface area contributed by atoms with Gasteiger partial charge in [-0.25, -0.2) is 10.2 Å². The van der Waals surface area contributed by atoms with E-state index in [1.807, 2.05) is 0 Å². The molecule has 3 atom stereocenters. The summed E-state index contributed by atoms with van der Waals surface area (Å²) in [7, 11) is 0. The molecule has 3 fully saturated rings. The predicted molar refractivity (Wildman–Crippen MR) is 119 cm³/mol. The fourth-order valence-corrected chi connectivity index (χ4v) is 5.92. The molecule has 166 valence electrons. The van der Waals surface area contributed by atoms with Crippen molar-refractivity contribution in [1.29, 1.82) is 0 Å². The molecule has 2 aliphatic carbocycles. The van der Waals surface area contributed by atoms with Crippen molar-refractivity contribution in [3.63, 3.8) is 0 Å². The van der Waals surface area contributed by atoms with Crippen LogP contribution in [-0.2, 0) is 15.1 Å². The number of amides is 4. The summed E-state index contributed by atoms with van der Waals surface area (Å²) in [5, 5.41) is 7.71. The number of carbonyl (C=O) groups excluding carboxylic acids is 3. The summed E-state index contributed by atoms with van der Waals surface area (Å²) in [5.41, 5.74) is 2.67. The van der Waals surface area contributed by atoms with E-state index in [9.17, 15) is 14.4 Å². The Morgan fingerprint density at radius 2 is 1.97 bits per heavy atom. The van der Waals surface area contributed by atoms with Crippen molar-refractivity contribution in [3.05, 3.63) is 33.8 Å². The lowest BCUT2D eigenvalue weighted by atomic mass is 9.70. The molecule has 1 aromatic carbocycles. The second-order valence-electron chi connectivity index (χ2n) is 9.66. The van der Waals surface area contributed by atoms with Crippen LogP contribution in [0.2, 0.25) is 10.0 Å². The summed E-state index contributed by atoms with van der Waals surface area (Å²) < 4.78 is 0.